The van der Waals surface area contributed by atoms with Crippen LogP contribution in [0.5, 0.6) is 5.75 Å². The van der Waals surface area contributed by atoms with Gasteiger partial charge < -0.3 is 20.1 Å². The van der Waals surface area contributed by atoms with Crippen molar-refractivity contribution >= 4 is 23.0 Å². The smallest absolute Gasteiger partial charge is 0.170 e. The van der Waals surface area contributed by atoms with Crippen LogP contribution in [0.2, 0.25) is 0 Å². The average Bonchev–Trinajstić information content (AvgIpc) is 2.35. The fourth-order valence-corrected chi connectivity index (χ4v) is 1.64. The van der Waals surface area contributed by atoms with Gasteiger partial charge in [-0.15, -0.1) is 0 Å². The molecule has 1 aromatic carbocycles. The Bertz CT molecular complexity index is 372. The summed E-state index contributed by atoms with van der Waals surface area (Å²) in [5.41, 5.74) is 0.921. The van der Waals surface area contributed by atoms with Gasteiger partial charge in [-0.05, 0) is 37.7 Å². The number of thiocarbonyl (C=S) groups is 1. The second kappa shape index (κ2) is 8.72. The van der Waals surface area contributed by atoms with Gasteiger partial charge in [0.1, 0.15) is 5.75 Å². The quantitative estimate of drug-likeness (QED) is 0.587. The highest BCUT2D eigenvalue weighted by Gasteiger charge is 1.99. The van der Waals surface area contributed by atoms with Crippen molar-refractivity contribution in [3.8, 4) is 5.75 Å². The van der Waals surface area contributed by atoms with E-state index in [-0.39, 0.29) is 0 Å². The summed E-state index contributed by atoms with van der Waals surface area (Å²) in [6.45, 7) is 4.14. The highest BCUT2D eigenvalue weighted by atomic mass is 32.1. The highest BCUT2D eigenvalue weighted by molar-refractivity contribution is 7.80. The van der Waals surface area contributed by atoms with Crippen molar-refractivity contribution < 1.29 is 9.47 Å². The lowest BCUT2D eigenvalue weighted by Crippen LogP contribution is -2.29. The van der Waals surface area contributed by atoms with Crippen LogP contribution in [-0.2, 0) is 4.74 Å². The first-order chi connectivity index (χ1) is 8.76. The molecule has 0 bridgehead atoms. The molecule has 0 aromatic heterocycles. The molecule has 5 heteroatoms. The third kappa shape index (κ3) is 5.84. The monoisotopic (exact) mass is 268 g/mol. The summed E-state index contributed by atoms with van der Waals surface area (Å²) in [6, 6.07) is 7.73. The van der Waals surface area contributed by atoms with E-state index in [0.717, 1.165) is 31.0 Å². The first-order valence-electron chi connectivity index (χ1n) is 6.03. The van der Waals surface area contributed by atoms with Crippen molar-refractivity contribution in [1.82, 2.24) is 5.32 Å². The normalized spacial score (nSPS) is 9.89. The summed E-state index contributed by atoms with van der Waals surface area (Å²) in [4.78, 5) is 0. The average molecular weight is 268 g/mol. The van der Waals surface area contributed by atoms with E-state index >= 15 is 0 Å². The second-order valence-corrected chi connectivity index (χ2v) is 4.10. The highest BCUT2D eigenvalue weighted by Crippen LogP contribution is 2.16. The second-order valence-electron chi connectivity index (χ2n) is 3.69. The number of hydrogen-bond donors (Lipinski definition) is 2. The molecule has 0 radical (unpaired) electrons. The maximum absolute atomic E-state index is 5.42. The van der Waals surface area contributed by atoms with Gasteiger partial charge >= 0.3 is 0 Å². The molecule has 0 amide bonds. The van der Waals surface area contributed by atoms with Gasteiger partial charge in [-0.3, -0.25) is 0 Å². The Kier molecular flexibility index (Phi) is 7.13. The zero-order valence-corrected chi connectivity index (χ0v) is 11.7. The lowest BCUT2D eigenvalue weighted by atomic mass is 10.3. The molecule has 100 valence electrons. The maximum atomic E-state index is 5.42. The van der Waals surface area contributed by atoms with Gasteiger partial charge in [-0.1, -0.05) is 6.07 Å². The first kappa shape index (κ1) is 14.7. The first-order valence-corrected chi connectivity index (χ1v) is 6.43. The topological polar surface area (TPSA) is 42.5 Å². The van der Waals surface area contributed by atoms with E-state index in [9.17, 15) is 0 Å². The molecule has 0 aliphatic rings. The molecular weight excluding hydrogens is 248 g/mol. The Balaban J connectivity index is 2.36. The molecule has 1 rings (SSSR count). The van der Waals surface area contributed by atoms with Gasteiger partial charge in [-0.2, -0.15) is 0 Å². The molecule has 0 atom stereocenters. The van der Waals surface area contributed by atoms with Crippen molar-refractivity contribution in [2.24, 2.45) is 0 Å². The van der Waals surface area contributed by atoms with Crippen LogP contribution in [0, 0.1) is 0 Å². The summed E-state index contributed by atoms with van der Waals surface area (Å²) in [7, 11) is 1.69. The maximum Gasteiger partial charge on any atom is 0.170 e. The number of rotatable bonds is 7. The molecule has 0 saturated heterocycles. The zero-order chi connectivity index (χ0) is 13.2. The number of hydrogen-bond acceptors (Lipinski definition) is 3. The van der Waals surface area contributed by atoms with Crippen molar-refractivity contribution in [1.29, 1.82) is 0 Å². The summed E-state index contributed by atoms with van der Waals surface area (Å²) >= 11 is 5.19. The number of nitrogens with one attached hydrogen (secondary N) is 2. The van der Waals surface area contributed by atoms with Gasteiger partial charge in [0.25, 0.3) is 0 Å². The van der Waals surface area contributed by atoms with Gasteiger partial charge in [0, 0.05) is 32.0 Å². The van der Waals surface area contributed by atoms with Crippen molar-refractivity contribution in [3.63, 3.8) is 0 Å². The molecule has 0 aliphatic heterocycles. The van der Waals surface area contributed by atoms with Crippen LogP contribution in [0.25, 0.3) is 0 Å². The largest absolute Gasteiger partial charge is 0.494 e. The molecule has 4 nitrogen and oxygen atoms in total. The molecule has 1 aromatic rings. The van der Waals surface area contributed by atoms with E-state index in [1.165, 1.54) is 0 Å². The van der Waals surface area contributed by atoms with Crippen LogP contribution in [0.4, 0.5) is 5.69 Å². The number of benzene rings is 1. The minimum atomic E-state index is 0.611. The van der Waals surface area contributed by atoms with Crippen LogP contribution >= 0.6 is 12.2 Å². The molecule has 0 fully saturated rings. The van der Waals surface area contributed by atoms with E-state index < -0.39 is 0 Å². The summed E-state index contributed by atoms with van der Waals surface area (Å²) in [6.07, 6.45) is 0.928. The van der Waals surface area contributed by atoms with Crippen LogP contribution in [-0.4, -0.2) is 32.0 Å². The van der Waals surface area contributed by atoms with Crippen LogP contribution in [0.1, 0.15) is 13.3 Å². The number of ether oxygens (including phenoxy) is 2. The third-order valence-electron chi connectivity index (χ3n) is 2.21. The van der Waals surface area contributed by atoms with E-state index in [0.29, 0.717) is 11.7 Å². The van der Waals surface area contributed by atoms with Crippen molar-refractivity contribution in [2.45, 2.75) is 13.3 Å². The Morgan fingerprint density at radius 1 is 1.39 bits per heavy atom. The molecule has 2 N–H and O–H groups in total. The minimum Gasteiger partial charge on any atom is -0.494 e. The molecule has 0 saturated carbocycles. The molecular formula is C13H20N2O2S. The minimum absolute atomic E-state index is 0.611. The van der Waals surface area contributed by atoms with Crippen molar-refractivity contribution in [2.75, 3.05) is 32.2 Å². The van der Waals surface area contributed by atoms with E-state index in [2.05, 4.69) is 10.6 Å². The fourth-order valence-electron chi connectivity index (χ4n) is 1.42. The predicted molar refractivity (Wildman–Crippen MR) is 78.3 cm³/mol. The molecule has 0 aliphatic carbocycles. The number of anilines is 1. The van der Waals surface area contributed by atoms with Gasteiger partial charge in [0.15, 0.2) is 5.11 Å². The van der Waals surface area contributed by atoms with Crippen LogP contribution in [0.3, 0.4) is 0 Å². The standard InChI is InChI=1S/C13H20N2O2S/c1-3-17-12-7-4-6-11(10-12)15-13(18)14-8-5-9-16-2/h4,6-7,10H,3,5,8-9H2,1-2H3,(H2,14,15,18). The Labute approximate surface area is 114 Å². The van der Waals surface area contributed by atoms with Gasteiger partial charge in [-0.25, -0.2) is 0 Å². The Hall–Kier alpha value is -1.33. The lowest BCUT2D eigenvalue weighted by Gasteiger charge is -2.11. The molecule has 0 unspecified atom stereocenters. The SMILES string of the molecule is CCOc1cccc(NC(=S)NCCCOC)c1. The summed E-state index contributed by atoms with van der Waals surface area (Å²) in [5.74, 6) is 0.838. The molecule has 18 heavy (non-hydrogen) atoms. The number of methoxy groups -OCH3 is 1. The molecule has 0 spiro atoms. The summed E-state index contributed by atoms with van der Waals surface area (Å²) in [5, 5.41) is 6.84. The van der Waals surface area contributed by atoms with Crippen molar-refractivity contribution in [3.05, 3.63) is 24.3 Å². The van der Waals surface area contributed by atoms with Gasteiger partial charge in [0.2, 0.25) is 0 Å². The van der Waals surface area contributed by atoms with Crippen LogP contribution < -0.4 is 15.4 Å². The van der Waals surface area contributed by atoms with E-state index in [4.69, 9.17) is 21.7 Å². The van der Waals surface area contributed by atoms with Gasteiger partial charge in [0.05, 0.1) is 6.61 Å². The lowest BCUT2D eigenvalue weighted by molar-refractivity contribution is 0.196. The Morgan fingerprint density at radius 2 is 2.22 bits per heavy atom. The zero-order valence-electron chi connectivity index (χ0n) is 10.9. The van der Waals surface area contributed by atoms with E-state index in [1.807, 2.05) is 31.2 Å². The van der Waals surface area contributed by atoms with Crippen LogP contribution in [0.15, 0.2) is 24.3 Å². The summed E-state index contributed by atoms with van der Waals surface area (Å²) < 4.78 is 10.4. The van der Waals surface area contributed by atoms with E-state index in [1.54, 1.807) is 7.11 Å². The Morgan fingerprint density at radius 3 is 2.94 bits per heavy atom. The predicted octanol–water partition coefficient (Wildman–Crippen LogP) is 2.41. The third-order valence-corrected chi connectivity index (χ3v) is 2.46. The molecule has 0 heterocycles. The fraction of sp³-hybridized carbons (Fsp3) is 0.462.